The summed E-state index contributed by atoms with van der Waals surface area (Å²) in [6.45, 7) is 2.66. The monoisotopic (exact) mass is 236 g/mol. The first-order valence-corrected chi connectivity index (χ1v) is 6.32. The smallest absolute Gasteiger partial charge is 0.220 e. The molecule has 2 rings (SSSR count). The first-order valence-electron chi connectivity index (χ1n) is 6.32. The van der Waals surface area contributed by atoms with Crippen molar-refractivity contribution < 1.29 is 4.79 Å². The zero-order valence-corrected chi connectivity index (χ0v) is 10.1. The van der Waals surface area contributed by atoms with E-state index in [9.17, 15) is 4.79 Å². The zero-order chi connectivity index (χ0) is 11.9. The molecule has 0 radical (unpaired) electrons. The predicted octanol–water partition coefficient (Wildman–Crippen LogP) is 0.531. The summed E-state index contributed by atoms with van der Waals surface area (Å²) < 4.78 is 1.90. The molecular weight excluding hydrogens is 216 g/mol. The van der Waals surface area contributed by atoms with Crippen LogP contribution in [-0.4, -0.2) is 34.8 Å². The van der Waals surface area contributed by atoms with Crippen molar-refractivity contribution in [2.75, 3.05) is 13.1 Å². The molecule has 0 aromatic carbocycles. The lowest BCUT2D eigenvalue weighted by atomic mass is 10.3. The van der Waals surface area contributed by atoms with Crippen molar-refractivity contribution in [2.45, 2.75) is 38.3 Å². The molecule has 1 fully saturated rings. The van der Waals surface area contributed by atoms with Crippen LogP contribution >= 0.6 is 0 Å². The van der Waals surface area contributed by atoms with Gasteiger partial charge in [0.15, 0.2) is 0 Å². The molecule has 0 atom stereocenters. The Morgan fingerprint density at radius 2 is 2.29 bits per heavy atom. The average molecular weight is 236 g/mol. The molecule has 0 saturated heterocycles. The third-order valence-electron chi connectivity index (χ3n) is 2.78. The van der Waals surface area contributed by atoms with E-state index < -0.39 is 0 Å². The van der Waals surface area contributed by atoms with E-state index in [4.69, 9.17) is 0 Å². The molecule has 1 saturated carbocycles. The minimum absolute atomic E-state index is 0.196. The highest BCUT2D eigenvalue weighted by molar-refractivity contribution is 5.76. The van der Waals surface area contributed by atoms with Gasteiger partial charge in [-0.2, -0.15) is 5.10 Å². The van der Waals surface area contributed by atoms with Crippen LogP contribution in [0.4, 0.5) is 0 Å². The van der Waals surface area contributed by atoms with Gasteiger partial charge < -0.3 is 10.6 Å². The Hall–Kier alpha value is -1.36. The molecule has 5 heteroatoms. The molecule has 17 heavy (non-hydrogen) atoms. The summed E-state index contributed by atoms with van der Waals surface area (Å²) in [4.78, 5) is 11.4. The van der Waals surface area contributed by atoms with Gasteiger partial charge >= 0.3 is 0 Å². The van der Waals surface area contributed by atoms with Crippen molar-refractivity contribution in [3.8, 4) is 0 Å². The van der Waals surface area contributed by atoms with Crippen molar-refractivity contribution in [3.63, 3.8) is 0 Å². The van der Waals surface area contributed by atoms with E-state index in [2.05, 4.69) is 15.7 Å². The number of carbonyl (C=O) groups excluding carboxylic acids is 1. The molecule has 1 heterocycles. The normalized spacial score (nSPS) is 14.8. The van der Waals surface area contributed by atoms with E-state index in [0.29, 0.717) is 12.5 Å². The Morgan fingerprint density at radius 3 is 3.00 bits per heavy atom. The highest BCUT2D eigenvalue weighted by atomic mass is 16.1. The molecule has 1 aromatic rings. The lowest BCUT2D eigenvalue weighted by molar-refractivity contribution is -0.121. The van der Waals surface area contributed by atoms with Crippen LogP contribution in [0.3, 0.4) is 0 Å². The minimum Gasteiger partial charge on any atom is -0.353 e. The van der Waals surface area contributed by atoms with E-state index in [1.54, 1.807) is 6.20 Å². The van der Waals surface area contributed by atoms with Gasteiger partial charge in [0.05, 0.1) is 6.54 Å². The fourth-order valence-corrected chi connectivity index (χ4v) is 1.65. The van der Waals surface area contributed by atoms with Crippen LogP contribution in [0.2, 0.25) is 0 Å². The first kappa shape index (κ1) is 12.1. The lowest BCUT2D eigenvalue weighted by Crippen LogP contribution is -2.27. The Bertz CT molecular complexity index is 332. The molecule has 1 aromatic heterocycles. The van der Waals surface area contributed by atoms with Gasteiger partial charge in [0.2, 0.25) is 5.91 Å². The topological polar surface area (TPSA) is 59.0 Å². The second-order valence-corrected chi connectivity index (χ2v) is 4.46. The zero-order valence-electron chi connectivity index (χ0n) is 10.1. The van der Waals surface area contributed by atoms with E-state index in [0.717, 1.165) is 38.9 Å². The maximum atomic E-state index is 11.4. The van der Waals surface area contributed by atoms with Crippen LogP contribution in [0.5, 0.6) is 0 Å². The lowest BCUT2D eigenvalue weighted by Gasteiger charge is -2.05. The number of amides is 1. The Kier molecular flexibility index (Phi) is 4.55. The molecular formula is C12H20N4O. The maximum absolute atomic E-state index is 11.4. The van der Waals surface area contributed by atoms with Gasteiger partial charge in [-0.05, 0) is 31.9 Å². The number of rotatable bonds is 8. The number of nitrogens with zero attached hydrogens (tertiary/aromatic N) is 2. The Morgan fingerprint density at radius 1 is 1.41 bits per heavy atom. The van der Waals surface area contributed by atoms with E-state index >= 15 is 0 Å². The van der Waals surface area contributed by atoms with Crippen LogP contribution in [0, 0.1) is 0 Å². The molecule has 94 valence electrons. The highest BCUT2D eigenvalue weighted by Gasteiger charge is 2.22. The highest BCUT2D eigenvalue weighted by Crippen LogP contribution is 2.18. The van der Waals surface area contributed by atoms with Gasteiger partial charge in [-0.25, -0.2) is 0 Å². The van der Waals surface area contributed by atoms with Gasteiger partial charge in [-0.1, -0.05) is 0 Å². The van der Waals surface area contributed by atoms with Crippen LogP contribution in [0.25, 0.3) is 0 Å². The second kappa shape index (κ2) is 6.39. The maximum Gasteiger partial charge on any atom is 0.220 e. The summed E-state index contributed by atoms with van der Waals surface area (Å²) in [5.74, 6) is 0.196. The van der Waals surface area contributed by atoms with Crippen molar-refractivity contribution in [2.24, 2.45) is 0 Å². The fourth-order valence-electron chi connectivity index (χ4n) is 1.65. The third-order valence-corrected chi connectivity index (χ3v) is 2.78. The van der Waals surface area contributed by atoms with E-state index in [-0.39, 0.29) is 5.91 Å². The quantitative estimate of drug-likeness (QED) is 0.647. The SMILES string of the molecule is O=C(CCCNCCn1cccn1)NC1CC1. The van der Waals surface area contributed by atoms with Crippen molar-refractivity contribution in [3.05, 3.63) is 18.5 Å². The predicted molar refractivity (Wildman–Crippen MR) is 65.5 cm³/mol. The fraction of sp³-hybridized carbons (Fsp3) is 0.667. The van der Waals surface area contributed by atoms with Crippen LogP contribution in [0.15, 0.2) is 18.5 Å². The standard InChI is InChI=1S/C12H20N4O/c17-12(15-11-4-5-11)3-1-6-13-8-10-16-9-2-7-14-16/h2,7,9,11,13H,1,3-6,8,10H2,(H,15,17). The molecule has 0 spiro atoms. The summed E-state index contributed by atoms with van der Waals surface area (Å²) in [7, 11) is 0. The Labute approximate surface area is 102 Å². The minimum atomic E-state index is 0.196. The molecule has 0 bridgehead atoms. The van der Waals surface area contributed by atoms with Gasteiger partial charge in [0.25, 0.3) is 0 Å². The van der Waals surface area contributed by atoms with Crippen LogP contribution < -0.4 is 10.6 Å². The molecule has 1 amide bonds. The molecule has 2 N–H and O–H groups in total. The van der Waals surface area contributed by atoms with E-state index in [1.165, 1.54) is 0 Å². The molecule has 0 aliphatic heterocycles. The number of aromatic nitrogens is 2. The number of carbonyl (C=O) groups is 1. The summed E-state index contributed by atoms with van der Waals surface area (Å²) in [5.41, 5.74) is 0. The number of nitrogens with one attached hydrogen (secondary N) is 2. The summed E-state index contributed by atoms with van der Waals surface area (Å²) in [6.07, 6.45) is 7.58. The summed E-state index contributed by atoms with van der Waals surface area (Å²) in [6, 6.07) is 2.40. The summed E-state index contributed by atoms with van der Waals surface area (Å²) >= 11 is 0. The third kappa shape index (κ3) is 4.99. The largest absolute Gasteiger partial charge is 0.353 e. The first-order chi connectivity index (χ1) is 8.34. The Balaban J connectivity index is 1.42. The molecule has 1 aliphatic carbocycles. The van der Waals surface area contributed by atoms with Gasteiger partial charge in [-0.3, -0.25) is 9.48 Å². The van der Waals surface area contributed by atoms with Crippen molar-refractivity contribution in [1.29, 1.82) is 0 Å². The van der Waals surface area contributed by atoms with Crippen molar-refractivity contribution in [1.82, 2.24) is 20.4 Å². The molecule has 5 nitrogen and oxygen atoms in total. The van der Waals surface area contributed by atoms with Crippen LogP contribution in [-0.2, 0) is 11.3 Å². The molecule has 0 unspecified atom stereocenters. The van der Waals surface area contributed by atoms with Gasteiger partial charge in [0.1, 0.15) is 0 Å². The van der Waals surface area contributed by atoms with E-state index in [1.807, 2.05) is 16.9 Å². The molecule has 1 aliphatic rings. The van der Waals surface area contributed by atoms with Gasteiger partial charge in [-0.15, -0.1) is 0 Å². The van der Waals surface area contributed by atoms with Gasteiger partial charge in [0, 0.05) is 31.4 Å². The number of hydrogen-bond donors (Lipinski definition) is 2. The van der Waals surface area contributed by atoms with Crippen molar-refractivity contribution >= 4 is 5.91 Å². The van der Waals surface area contributed by atoms with Crippen LogP contribution in [0.1, 0.15) is 25.7 Å². The second-order valence-electron chi connectivity index (χ2n) is 4.46. The average Bonchev–Trinajstić information content (AvgIpc) is 2.96. The summed E-state index contributed by atoms with van der Waals surface area (Å²) in [5, 5.41) is 10.4. The number of hydrogen-bond acceptors (Lipinski definition) is 3.